The van der Waals surface area contributed by atoms with E-state index in [0.717, 1.165) is 81.0 Å². The second-order valence-electron chi connectivity index (χ2n) is 9.84. The van der Waals surface area contributed by atoms with Crippen LogP contribution in [-0.2, 0) is 0 Å². The van der Waals surface area contributed by atoms with Crippen molar-refractivity contribution >= 4 is 21.8 Å². The van der Waals surface area contributed by atoms with E-state index in [9.17, 15) is 4.39 Å². The summed E-state index contributed by atoms with van der Waals surface area (Å²) in [5, 5.41) is 9.54. The minimum atomic E-state index is -0.283. The zero-order valence-electron chi connectivity index (χ0n) is 21.2. The Kier molecular flexibility index (Phi) is 5.97. The molecule has 0 aliphatic carbocycles. The lowest BCUT2D eigenvalue weighted by Crippen LogP contribution is -2.25. The molecule has 0 amide bonds. The molecule has 0 atom stereocenters. The molecule has 194 valence electrons. The summed E-state index contributed by atoms with van der Waals surface area (Å²) < 4.78 is 19.9. The second-order valence-corrected chi connectivity index (χ2v) is 9.84. The number of aromatic nitrogens is 6. The van der Waals surface area contributed by atoms with E-state index < -0.39 is 0 Å². The van der Waals surface area contributed by atoms with E-state index in [4.69, 9.17) is 4.74 Å². The smallest absolute Gasteiger partial charge is 0.138 e. The molecule has 0 radical (unpaired) electrons. The quantitative estimate of drug-likeness (QED) is 0.275. The number of pyridine rings is 3. The van der Waals surface area contributed by atoms with Crippen molar-refractivity contribution in [1.29, 1.82) is 0 Å². The average molecular weight is 520 g/mol. The molecule has 6 heterocycles. The van der Waals surface area contributed by atoms with Gasteiger partial charge in [-0.25, -0.2) is 4.39 Å². The van der Waals surface area contributed by atoms with Gasteiger partial charge in [-0.15, -0.1) is 0 Å². The van der Waals surface area contributed by atoms with Gasteiger partial charge in [-0.3, -0.25) is 25.0 Å². The zero-order valence-corrected chi connectivity index (χ0v) is 21.2. The van der Waals surface area contributed by atoms with Crippen molar-refractivity contribution in [3.63, 3.8) is 0 Å². The summed E-state index contributed by atoms with van der Waals surface area (Å²) in [5.41, 5.74) is 6.54. The number of rotatable bonds is 7. The third-order valence-corrected chi connectivity index (χ3v) is 7.27. The number of hydrogen-bond donors (Lipinski definition) is 2. The first-order valence-electron chi connectivity index (χ1n) is 13.1. The van der Waals surface area contributed by atoms with Crippen LogP contribution < -0.4 is 4.74 Å². The van der Waals surface area contributed by atoms with E-state index in [-0.39, 0.29) is 5.82 Å². The number of nitrogens with zero attached hydrogens (tertiary/aromatic N) is 5. The van der Waals surface area contributed by atoms with Gasteiger partial charge in [0.1, 0.15) is 23.9 Å². The van der Waals surface area contributed by atoms with Gasteiger partial charge in [0.15, 0.2) is 0 Å². The summed E-state index contributed by atoms with van der Waals surface area (Å²) in [7, 11) is 0. The third kappa shape index (κ3) is 4.61. The predicted molar refractivity (Wildman–Crippen MR) is 149 cm³/mol. The van der Waals surface area contributed by atoms with Crippen molar-refractivity contribution in [2.45, 2.75) is 12.8 Å². The van der Waals surface area contributed by atoms with Crippen LogP contribution in [0.4, 0.5) is 4.39 Å². The first-order valence-corrected chi connectivity index (χ1v) is 13.1. The standard InChI is InChI=1S/C30H26FN7O/c31-21-5-3-4-19(10-21)25-16-33-17-28-23(25)12-27(35-28)30-24-13-26(34-18-29(24)36-37-30)20-11-22(15-32-14-20)39-9-8-38-6-1-2-7-38/h3-5,10-18,35H,1-2,6-9H2,(H,36,37). The molecule has 1 fully saturated rings. The van der Waals surface area contributed by atoms with Crippen LogP contribution in [0.2, 0.25) is 0 Å². The van der Waals surface area contributed by atoms with Crippen LogP contribution in [0.3, 0.4) is 0 Å². The van der Waals surface area contributed by atoms with Gasteiger partial charge in [0.05, 0.1) is 41.0 Å². The largest absolute Gasteiger partial charge is 0.491 e. The number of likely N-dealkylation sites (tertiary alicyclic amines) is 1. The van der Waals surface area contributed by atoms with Gasteiger partial charge in [-0.05, 0) is 61.8 Å². The molecule has 1 saturated heterocycles. The van der Waals surface area contributed by atoms with Crippen LogP contribution in [0.5, 0.6) is 5.75 Å². The van der Waals surface area contributed by atoms with Gasteiger partial charge < -0.3 is 9.72 Å². The van der Waals surface area contributed by atoms with Gasteiger partial charge in [0.25, 0.3) is 0 Å². The molecular weight excluding hydrogens is 493 g/mol. The molecule has 2 N–H and O–H groups in total. The van der Waals surface area contributed by atoms with Gasteiger partial charge in [-0.1, -0.05) is 12.1 Å². The Morgan fingerprint density at radius 1 is 0.872 bits per heavy atom. The summed E-state index contributed by atoms with van der Waals surface area (Å²) in [6.45, 7) is 3.86. The number of nitrogens with one attached hydrogen (secondary N) is 2. The molecule has 1 aromatic carbocycles. The highest BCUT2D eigenvalue weighted by Gasteiger charge is 2.16. The molecule has 0 spiro atoms. The number of hydrogen-bond acceptors (Lipinski definition) is 6. The Bertz CT molecular complexity index is 1790. The van der Waals surface area contributed by atoms with Crippen molar-refractivity contribution < 1.29 is 9.13 Å². The lowest BCUT2D eigenvalue weighted by Gasteiger charge is -2.15. The monoisotopic (exact) mass is 519 g/mol. The molecule has 1 aliphatic rings. The predicted octanol–water partition coefficient (Wildman–Crippen LogP) is 5.84. The Balaban J connectivity index is 1.20. The van der Waals surface area contributed by atoms with Crippen LogP contribution in [0.25, 0.3) is 55.6 Å². The maximum absolute atomic E-state index is 13.9. The normalized spacial score (nSPS) is 14.0. The maximum Gasteiger partial charge on any atom is 0.138 e. The molecule has 1 aliphatic heterocycles. The number of aromatic amines is 2. The fraction of sp³-hybridized carbons (Fsp3) is 0.200. The highest BCUT2D eigenvalue weighted by molar-refractivity contribution is 6.01. The summed E-state index contributed by atoms with van der Waals surface area (Å²) in [5.74, 6) is 0.447. The zero-order chi connectivity index (χ0) is 26.2. The Hall–Kier alpha value is -4.63. The van der Waals surface area contributed by atoms with E-state index in [1.54, 1.807) is 37.1 Å². The Morgan fingerprint density at radius 3 is 2.67 bits per heavy atom. The Labute approximate surface area is 223 Å². The van der Waals surface area contributed by atoms with Gasteiger partial charge in [-0.2, -0.15) is 5.10 Å². The van der Waals surface area contributed by atoms with Crippen LogP contribution in [0, 0.1) is 5.82 Å². The molecular formula is C30H26FN7O. The molecule has 7 rings (SSSR count). The second kappa shape index (κ2) is 9.92. The van der Waals surface area contributed by atoms with Gasteiger partial charge in [0, 0.05) is 40.8 Å². The first kappa shape index (κ1) is 23.5. The molecule has 5 aromatic heterocycles. The molecule has 8 nitrogen and oxygen atoms in total. The topological polar surface area (TPSA) is 95.6 Å². The number of halogens is 1. The molecule has 39 heavy (non-hydrogen) atoms. The van der Waals surface area contributed by atoms with Crippen molar-refractivity contribution in [2.75, 3.05) is 26.2 Å². The molecule has 9 heteroatoms. The summed E-state index contributed by atoms with van der Waals surface area (Å²) >= 11 is 0. The molecule has 0 unspecified atom stereocenters. The van der Waals surface area contributed by atoms with E-state index in [1.807, 2.05) is 24.3 Å². The van der Waals surface area contributed by atoms with Crippen LogP contribution in [0.15, 0.2) is 73.4 Å². The molecule has 6 aromatic rings. The first-order chi connectivity index (χ1) is 19.2. The Morgan fingerprint density at radius 2 is 1.77 bits per heavy atom. The number of ether oxygens (including phenoxy) is 1. The van der Waals surface area contributed by atoms with Crippen LogP contribution in [0.1, 0.15) is 12.8 Å². The lowest BCUT2D eigenvalue weighted by atomic mass is 10.0. The minimum Gasteiger partial charge on any atom is -0.491 e. The summed E-state index contributed by atoms with van der Waals surface area (Å²) in [4.78, 5) is 19.3. The van der Waals surface area contributed by atoms with Crippen LogP contribution in [-0.4, -0.2) is 61.3 Å². The van der Waals surface area contributed by atoms with E-state index >= 15 is 0 Å². The summed E-state index contributed by atoms with van der Waals surface area (Å²) in [6.07, 6.45) is 11.4. The van der Waals surface area contributed by atoms with Crippen molar-refractivity contribution in [2.24, 2.45) is 0 Å². The van der Waals surface area contributed by atoms with E-state index in [1.165, 1.54) is 25.0 Å². The van der Waals surface area contributed by atoms with Crippen LogP contribution >= 0.6 is 0 Å². The SMILES string of the molecule is Fc1cccc(-c2cncc3[nH]c(-c4n[nH]c5cnc(-c6cncc(OCCN7CCCC7)c6)cc45)cc23)c1. The number of benzene rings is 1. The number of H-pyrrole nitrogens is 2. The van der Waals surface area contributed by atoms with Gasteiger partial charge in [0.2, 0.25) is 0 Å². The number of fused-ring (bicyclic) bond motifs is 2. The summed E-state index contributed by atoms with van der Waals surface area (Å²) in [6, 6.07) is 12.6. The average Bonchev–Trinajstić information content (AvgIpc) is 3.72. The highest BCUT2D eigenvalue weighted by Crippen LogP contribution is 2.34. The van der Waals surface area contributed by atoms with Gasteiger partial charge >= 0.3 is 0 Å². The fourth-order valence-electron chi connectivity index (χ4n) is 5.28. The van der Waals surface area contributed by atoms with Crippen molar-refractivity contribution in [3.05, 3.63) is 79.3 Å². The van der Waals surface area contributed by atoms with Crippen molar-refractivity contribution in [3.8, 4) is 39.5 Å². The highest BCUT2D eigenvalue weighted by atomic mass is 19.1. The minimum absolute atomic E-state index is 0.283. The van der Waals surface area contributed by atoms with E-state index in [0.29, 0.717) is 6.61 Å². The van der Waals surface area contributed by atoms with Crippen molar-refractivity contribution in [1.82, 2.24) is 35.0 Å². The fourth-order valence-corrected chi connectivity index (χ4v) is 5.28. The molecule has 0 bridgehead atoms. The molecule has 0 saturated carbocycles. The maximum atomic E-state index is 13.9. The third-order valence-electron chi connectivity index (χ3n) is 7.27. The van der Waals surface area contributed by atoms with E-state index in [2.05, 4.69) is 35.0 Å². The lowest BCUT2D eigenvalue weighted by molar-refractivity contribution is 0.237.